The van der Waals surface area contributed by atoms with Crippen molar-refractivity contribution >= 4 is 23.2 Å². The van der Waals surface area contributed by atoms with E-state index in [-0.39, 0.29) is 16.3 Å². The first kappa shape index (κ1) is 13.9. The van der Waals surface area contributed by atoms with E-state index >= 15 is 0 Å². The van der Waals surface area contributed by atoms with Crippen LogP contribution in [-0.4, -0.2) is 18.1 Å². The normalized spacial score (nSPS) is 9.85. The topological polar surface area (TPSA) is 64.3 Å². The third kappa shape index (κ3) is 2.58. The van der Waals surface area contributed by atoms with Crippen molar-refractivity contribution in [3.63, 3.8) is 0 Å². The van der Waals surface area contributed by atoms with Gasteiger partial charge in [-0.2, -0.15) is 5.26 Å². The molecular formula is C15H11ClN2O2. The van der Waals surface area contributed by atoms with E-state index in [1.54, 1.807) is 31.3 Å². The first-order valence-electron chi connectivity index (χ1n) is 5.80. The summed E-state index contributed by atoms with van der Waals surface area (Å²) in [5.41, 5.74) is 1.06. The van der Waals surface area contributed by atoms with Crippen molar-refractivity contribution in [2.45, 2.75) is 0 Å². The van der Waals surface area contributed by atoms with E-state index in [1.165, 1.54) is 23.1 Å². The molecule has 0 radical (unpaired) electrons. The minimum atomic E-state index is -0.395. The summed E-state index contributed by atoms with van der Waals surface area (Å²) < 4.78 is 0. The van der Waals surface area contributed by atoms with Crippen molar-refractivity contribution in [2.75, 3.05) is 11.9 Å². The van der Waals surface area contributed by atoms with Crippen molar-refractivity contribution in [1.29, 1.82) is 5.26 Å². The molecule has 0 aromatic heterocycles. The van der Waals surface area contributed by atoms with E-state index in [0.29, 0.717) is 11.3 Å². The van der Waals surface area contributed by atoms with Gasteiger partial charge < -0.3 is 10.0 Å². The zero-order valence-corrected chi connectivity index (χ0v) is 11.4. The summed E-state index contributed by atoms with van der Waals surface area (Å²) in [5.74, 6) is -0.437. The maximum atomic E-state index is 12.4. The average molecular weight is 287 g/mol. The van der Waals surface area contributed by atoms with Gasteiger partial charge in [0.05, 0.1) is 21.8 Å². The fourth-order valence-electron chi connectivity index (χ4n) is 1.83. The number of carbonyl (C=O) groups excluding carboxylic acids is 1. The Bertz CT molecular complexity index is 707. The van der Waals surface area contributed by atoms with Crippen LogP contribution in [0.3, 0.4) is 0 Å². The van der Waals surface area contributed by atoms with E-state index in [2.05, 4.69) is 0 Å². The summed E-state index contributed by atoms with van der Waals surface area (Å²) in [6, 6.07) is 13.0. The van der Waals surface area contributed by atoms with E-state index in [1.807, 2.05) is 6.07 Å². The molecule has 4 nitrogen and oxygen atoms in total. The number of carbonyl (C=O) groups is 1. The number of para-hydroxylation sites is 1. The van der Waals surface area contributed by atoms with Crippen LogP contribution in [0.4, 0.5) is 5.69 Å². The molecule has 0 aliphatic heterocycles. The summed E-state index contributed by atoms with van der Waals surface area (Å²) >= 11 is 5.97. The van der Waals surface area contributed by atoms with Crippen LogP contribution in [0.25, 0.3) is 0 Å². The lowest BCUT2D eigenvalue weighted by Gasteiger charge is -2.19. The standard InChI is InChI=1S/C15H11ClN2O2/c1-18(14-5-3-2-4-10(14)9-17)15(20)12-8-11(19)6-7-13(12)16/h2-8,19H,1H3. The fourth-order valence-corrected chi connectivity index (χ4v) is 2.03. The predicted octanol–water partition coefficient (Wildman–Crippen LogP) is 3.19. The molecule has 0 unspecified atom stereocenters. The zero-order chi connectivity index (χ0) is 14.7. The fraction of sp³-hybridized carbons (Fsp3) is 0.0667. The highest BCUT2D eigenvalue weighted by Gasteiger charge is 2.19. The minimum absolute atomic E-state index is 0.0419. The smallest absolute Gasteiger partial charge is 0.259 e. The molecular weight excluding hydrogens is 276 g/mol. The number of aromatic hydroxyl groups is 1. The van der Waals surface area contributed by atoms with Crippen LogP contribution in [0.5, 0.6) is 5.75 Å². The Hall–Kier alpha value is -2.51. The second kappa shape index (κ2) is 5.64. The number of anilines is 1. The monoisotopic (exact) mass is 286 g/mol. The first-order valence-corrected chi connectivity index (χ1v) is 6.18. The van der Waals surface area contributed by atoms with Gasteiger partial charge in [-0.3, -0.25) is 4.79 Å². The molecule has 0 aliphatic rings. The van der Waals surface area contributed by atoms with Gasteiger partial charge in [0.15, 0.2) is 0 Å². The van der Waals surface area contributed by atoms with Crippen molar-refractivity contribution in [1.82, 2.24) is 0 Å². The SMILES string of the molecule is CN(C(=O)c1cc(O)ccc1Cl)c1ccccc1C#N. The number of amides is 1. The van der Waals surface area contributed by atoms with E-state index in [9.17, 15) is 9.90 Å². The van der Waals surface area contributed by atoms with E-state index < -0.39 is 5.91 Å². The molecule has 1 amide bonds. The minimum Gasteiger partial charge on any atom is -0.508 e. The number of phenolic OH excluding ortho intramolecular Hbond substituents is 1. The van der Waals surface area contributed by atoms with Crippen LogP contribution in [0, 0.1) is 11.3 Å². The highest BCUT2D eigenvalue weighted by molar-refractivity contribution is 6.34. The summed E-state index contributed by atoms with van der Waals surface area (Å²) in [6.45, 7) is 0. The van der Waals surface area contributed by atoms with Crippen LogP contribution >= 0.6 is 11.6 Å². The Morgan fingerprint density at radius 2 is 2.00 bits per heavy atom. The number of nitriles is 1. The molecule has 1 N–H and O–H groups in total. The zero-order valence-electron chi connectivity index (χ0n) is 10.7. The number of hydrogen-bond acceptors (Lipinski definition) is 3. The summed E-state index contributed by atoms with van der Waals surface area (Å²) in [5, 5.41) is 18.8. The van der Waals surface area contributed by atoms with E-state index in [0.717, 1.165) is 0 Å². The van der Waals surface area contributed by atoms with Crippen molar-refractivity contribution in [3.8, 4) is 11.8 Å². The number of rotatable bonds is 2. The van der Waals surface area contributed by atoms with Crippen LogP contribution in [0.2, 0.25) is 5.02 Å². The lowest BCUT2D eigenvalue weighted by molar-refractivity contribution is 0.0992. The van der Waals surface area contributed by atoms with Gasteiger partial charge >= 0.3 is 0 Å². The van der Waals surface area contributed by atoms with Gasteiger partial charge in [0, 0.05) is 7.05 Å². The van der Waals surface area contributed by atoms with Crippen LogP contribution in [0.15, 0.2) is 42.5 Å². The number of halogens is 1. The first-order chi connectivity index (χ1) is 9.54. The van der Waals surface area contributed by atoms with Crippen LogP contribution < -0.4 is 4.90 Å². The van der Waals surface area contributed by atoms with Gasteiger partial charge in [0.1, 0.15) is 11.8 Å². The lowest BCUT2D eigenvalue weighted by atomic mass is 10.1. The Morgan fingerprint density at radius 3 is 2.70 bits per heavy atom. The molecule has 0 aliphatic carbocycles. The molecule has 0 atom stereocenters. The Kier molecular flexibility index (Phi) is 3.92. The number of benzene rings is 2. The number of phenols is 1. The molecule has 0 saturated heterocycles. The van der Waals surface area contributed by atoms with Crippen LogP contribution in [-0.2, 0) is 0 Å². The number of hydrogen-bond donors (Lipinski definition) is 1. The lowest BCUT2D eigenvalue weighted by Crippen LogP contribution is -2.27. The van der Waals surface area contributed by atoms with Crippen molar-refractivity contribution in [3.05, 3.63) is 58.6 Å². The van der Waals surface area contributed by atoms with Gasteiger partial charge in [-0.15, -0.1) is 0 Å². The van der Waals surface area contributed by atoms with Crippen LogP contribution in [0.1, 0.15) is 15.9 Å². The molecule has 0 heterocycles. The third-order valence-corrected chi connectivity index (χ3v) is 3.20. The largest absolute Gasteiger partial charge is 0.508 e. The average Bonchev–Trinajstić information content (AvgIpc) is 2.48. The number of nitrogens with zero attached hydrogens (tertiary/aromatic N) is 2. The Morgan fingerprint density at radius 1 is 1.30 bits per heavy atom. The maximum Gasteiger partial charge on any atom is 0.259 e. The van der Waals surface area contributed by atoms with Crippen molar-refractivity contribution in [2.24, 2.45) is 0 Å². The van der Waals surface area contributed by atoms with Gasteiger partial charge in [-0.1, -0.05) is 23.7 Å². The molecule has 2 rings (SSSR count). The van der Waals surface area contributed by atoms with Gasteiger partial charge in [0.2, 0.25) is 0 Å². The summed E-state index contributed by atoms with van der Waals surface area (Å²) in [7, 11) is 1.55. The van der Waals surface area contributed by atoms with Gasteiger partial charge in [-0.25, -0.2) is 0 Å². The molecule has 100 valence electrons. The van der Waals surface area contributed by atoms with E-state index in [4.69, 9.17) is 16.9 Å². The Labute approximate surface area is 121 Å². The highest BCUT2D eigenvalue weighted by Crippen LogP contribution is 2.25. The molecule has 5 heteroatoms. The molecule has 0 saturated carbocycles. The molecule has 2 aromatic rings. The second-order valence-corrected chi connectivity index (χ2v) is 4.56. The summed E-state index contributed by atoms with van der Waals surface area (Å²) in [4.78, 5) is 13.7. The quantitative estimate of drug-likeness (QED) is 0.922. The Balaban J connectivity index is 2.43. The van der Waals surface area contributed by atoms with Gasteiger partial charge in [0.25, 0.3) is 5.91 Å². The molecule has 0 bridgehead atoms. The molecule has 0 fully saturated rings. The molecule has 0 spiro atoms. The highest BCUT2D eigenvalue weighted by atomic mass is 35.5. The maximum absolute atomic E-state index is 12.4. The third-order valence-electron chi connectivity index (χ3n) is 2.87. The van der Waals surface area contributed by atoms with Gasteiger partial charge in [-0.05, 0) is 30.3 Å². The molecule has 2 aromatic carbocycles. The predicted molar refractivity (Wildman–Crippen MR) is 77.0 cm³/mol. The summed E-state index contributed by atoms with van der Waals surface area (Å²) in [6.07, 6.45) is 0. The molecule has 20 heavy (non-hydrogen) atoms. The second-order valence-electron chi connectivity index (χ2n) is 4.16. The van der Waals surface area contributed by atoms with Crippen molar-refractivity contribution < 1.29 is 9.90 Å².